The highest BCUT2D eigenvalue weighted by Gasteiger charge is 2.07. The van der Waals surface area contributed by atoms with E-state index in [0.717, 1.165) is 40.9 Å². The SMILES string of the molecule is CCC/C(N)=C(\CO)Cc1ccc(-c2ccccc2C#N)nc1. The highest BCUT2D eigenvalue weighted by Crippen LogP contribution is 2.22. The van der Waals surface area contributed by atoms with Crippen molar-refractivity contribution in [3.8, 4) is 17.3 Å². The van der Waals surface area contributed by atoms with Crippen molar-refractivity contribution in [3.05, 3.63) is 65.0 Å². The largest absolute Gasteiger partial charge is 0.402 e. The molecule has 1 aromatic carbocycles. The maximum absolute atomic E-state index is 9.49. The predicted molar refractivity (Wildman–Crippen MR) is 91.3 cm³/mol. The van der Waals surface area contributed by atoms with Gasteiger partial charge >= 0.3 is 0 Å². The molecule has 0 atom stereocenters. The third-order valence-electron chi connectivity index (χ3n) is 3.73. The lowest BCUT2D eigenvalue weighted by molar-refractivity contribution is 0.326. The molecule has 0 fully saturated rings. The number of pyridine rings is 1. The summed E-state index contributed by atoms with van der Waals surface area (Å²) in [4.78, 5) is 4.45. The van der Waals surface area contributed by atoms with Crippen molar-refractivity contribution < 1.29 is 5.11 Å². The number of hydrogen-bond donors (Lipinski definition) is 2. The van der Waals surface area contributed by atoms with Crippen molar-refractivity contribution in [1.82, 2.24) is 4.98 Å². The molecule has 0 aliphatic heterocycles. The molecule has 2 rings (SSSR count). The first-order valence-electron chi connectivity index (χ1n) is 7.71. The van der Waals surface area contributed by atoms with Gasteiger partial charge in [0, 0.05) is 17.5 Å². The van der Waals surface area contributed by atoms with Crippen molar-refractivity contribution in [2.75, 3.05) is 6.61 Å². The highest BCUT2D eigenvalue weighted by molar-refractivity contribution is 5.67. The van der Waals surface area contributed by atoms with Crippen molar-refractivity contribution in [1.29, 1.82) is 5.26 Å². The van der Waals surface area contributed by atoms with Crippen LogP contribution in [0.4, 0.5) is 0 Å². The third-order valence-corrected chi connectivity index (χ3v) is 3.73. The van der Waals surface area contributed by atoms with Crippen LogP contribution in [-0.4, -0.2) is 16.7 Å². The number of aromatic nitrogens is 1. The number of nitrogens with two attached hydrogens (primary N) is 1. The van der Waals surface area contributed by atoms with Crippen LogP contribution in [0, 0.1) is 11.3 Å². The summed E-state index contributed by atoms with van der Waals surface area (Å²) in [6.07, 6.45) is 4.11. The summed E-state index contributed by atoms with van der Waals surface area (Å²) in [6.45, 7) is 2.02. The number of aliphatic hydroxyl groups excluding tert-OH is 1. The Labute approximate surface area is 136 Å². The average Bonchev–Trinajstić information content (AvgIpc) is 2.60. The summed E-state index contributed by atoms with van der Waals surface area (Å²) in [7, 11) is 0. The summed E-state index contributed by atoms with van der Waals surface area (Å²) in [5.41, 5.74) is 10.8. The van der Waals surface area contributed by atoms with E-state index >= 15 is 0 Å². The van der Waals surface area contributed by atoms with Gasteiger partial charge in [0.15, 0.2) is 0 Å². The van der Waals surface area contributed by atoms with Gasteiger partial charge < -0.3 is 10.8 Å². The monoisotopic (exact) mass is 307 g/mol. The second kappa shape index (κ2) is 8.11. The standard InChI is InChI=1S/C19H21N3O/c1-2-5-18(21)16(13-23)10-14-8-9-19(22-12-14)17-7-4-3-6-15(17)11-20/h3-4,6-9,12,23H,2,5,10,13,21H2,1H3/b18-16+. The van der Waals surface area contributed by atoms with Gasteiger partial charge in [-0.3, -0.25) is 4.98 Å². The van der Waals surface area contributed by atoms with E-state index in [1.54, 1.807) is 12.3 Å². The molecule has 0 bridgehead atoms. The Morgan fingerprint density at radius 2 is 2.04 bits per heavy atom. The molecule has 4 nitrogen and oxygen atoms in total. The van der Waals surface area contributed by atoms with Crippen molar-refractivity contribution in [2.45, 2.75) is 26.2 Å². The lowest BCUT2D eigenvalue weighted by atomic mass is 10.0. The average molecular weight is 307 g/mol. The fourth-order valence-electron chi connectivity index (χ4n) is 2.46. The van der Waals surface area contributed by atoms with Gasteiger partial charge in [0.25, 0.3) is 0 Å². The molecule has 0 unspecified atom stereocenters. The lowest BCUT2D eigenvalue weighted by Crippen LogP contribution is -2.08. The Balaban J connectivity index is 2.23. The van der Waals surface area contributed by atoms with Crippen LogP contribution in [-0.2, 0) is 6.42 Å². The van der Waals surface area contributed by atoms with Crippen LogP contribution in [0.15, 0.2) is 53.9 Å². The smallest absolute Gasteiger partial charge is 0.0998 e. The quantitative estimate of drug-likeness (QED) is 0.858. The van der Waals surface area contributed by atoms with Gasteiger partial charge in [-0.1, -0.05) is 37.6 Å². The number of rotatable bonds is 6. The summed E-state index contributed by atoms with van der Waals surface area (Å²) in [6, 6.07) is 13.4. The third kappa shape index (κ3) is 4.18. The van der Waals surface area contributed by atoms with E-state index in [-0.39, 0.29) is 6.61 Å². The summed E-state index contributed by atoms with van der Waals surface area (Å²) in [5.74, 6) is 0. The van der Waals surface area contributed by atoms with E-state index < -0.39 is 0 Å². The Kier molecular flexibility index (Phi) is 5.90. The number of aliphatic hydroxyl groups is 1. The fourth-order valence-corrected chi connectivity index (χ4v) is 2.46. The molecule has 3 N–H and O–H groups in total. The van der Waals surface area contributed by atoms with Gasteiger partial charge in [-0.25, -0.2) is 0 Å². The van der Waals surface area contributed by atoms with Crippen molar-refractivity contribution in [2.24, 2.45) is 5.73 Å². The normalized spacial score (nSPS) is 11.7. The Morgan fingerprint density at radius 3 is 2.65 bits per heavy atom. The second-order valence-corrected chi connectivity index (χ2v) is 5.42. The maximum atomic E-state index is 9.49. The van der Waals surface area contributed by atoms with Crippen LogP contribution >= 0.6 is 0 Å². The van der Waals surface area contributed by atoms with Crippen LogP contribution in [0.25, 0.3) is 11.3 Å². The molecule has 0 spiro atoms. The molecule has 0 saturated heterocycles. The first-order chi connectivity index (χ1) is 11.2. The number of allylic oxidation sites excluding steroid dienone is 1. The van der Waals surface area contributed by atoms with Gasteiger partial charge in [0.05, 0.1) is 23.9 Å². The molecule has 118 valence electrons. The van der Waals surface area contributed by atoms with Crippen molar-refractivity contribution in [3.63, 3.8) is 0 Å². The minimum absolute atomic E-state index is 0.0369. The molecular formula is C19H21N3O. The zero-order valence-corrected chi connectivity index (χ0v) is 13.3. The summed E-state index contributed by atoms with van der Waals surface area (Å²) in [5, 5.41) is 18.7. The lowest BCUT2D eigenvalue weighted by Gasteiger charge is -2.10. The van der Waals surface area contributed by atoms with Crippen LogP contribution in [0.5, 0.6) is 0 Å². The maximum Gasteiger partial charge on any atom is 0.0998 e. The van der Waals surface area contributed by atoms with E-state index in [0.29, 0.717) is 12.0 Å². The minimum atomic E-state index is -0.0369. The van der Waals surface area contributed by atoms with E-state index in [1.807, 2.05) is 30.3 Å². The molecule has 0 aliphatic carbocycles. The van der Waals surface area contributed by atoms with Crippen LogP contribution in [0.2, 0.25) is 0 Å². The summed E-state index contributed by atoms with van der Waals surface area (Å²) < 4.78 is 0. The van der Waals surface area contributed by atoms with Gasteiger partial charge in [0.2, 0.25) is 0 Å². The molecular weight excluding hydrogens is 286 g/mol. The number of nitrogens with zero attached hydrogens (tertiary/aromatic N) is 2. The van der Waals surface area contributed by atoms with Crippen LogP contribution in [0.1, 0.15) is 30.9 Å². The zero-order valence-electron chi connectivity index (χ0n) is 13.3. The molecule has 4 heteroatoms. The molecule has 0 saturated carbocycles. The summed E-state index contributed by atoms with van der Waals surface area (Å²) >= 11 is 0. The van der Waals surface area contributed by atoms with Gasteiger partial charge in [-0.2, -0.15) is 5.26 Å². The van der Waals surface area contributed by atoms with Gasteiger partial charge in [-0.15, -0.1) is 0 Å². The fraction of sp³-hybridized carbons (Fsp3) is 0.263. The Morgan fingerprint density at radius 1 is 1.26 bits per heavy atom. The van der Waals surface area contributed by atoms with Crippen molar-refractivity contribution >= 4 is 0 Å². The first-order valence-corrected chi connectivity index (χ1v) is 7.71. The molecule has 1 heterocycles. The number of benzene rings is 1. The zero-order chi connectivity index (χ0) is 16.7. The van der Waals surface area contributed by atoms with Gasteiger partial charge in [0.1, 0.15) is 0 Å². The molecule has 23 heavy (non-hydrogen) atoms. The number of nitriles is 1. The molecule has 0 radical (unpaired) electrons. The Hall–Kier alpha value is -2.64. The highest BCUT2D eigenvalue weighted by atomic mass is 16.3. The second-order valence-electron chi connectivity index (χ2n) is 5.42. The van der Waals surface area contributed by atoms with Crippen LogP contribution in [0.3, 0.4) is 0 Å². The number of hydrogen-bond acceptors (Lipinski definition) is 4. The topological polar surface area (TPSA) is 82.9 Å². The van der Waals surface area contributed by atoms with E-state index in [9.17, 15) is 10.4 Å². The molecule has 1 aromatic heterocycles. The van der Waals surface area contributed by atoms with E-state index in [1.165, 1.54) is 0 Å². The Bertz CT molecular complexity index is 727. The molecule has 2 aromatic rings. The minimum Gasteiger partial charge on any atom is -0.402 e. The van der Waals surface area contributed by atoms with E-state index in [4.69, 9.17) is 5.73 Å². The predicted octanol–water partition coefficient (Wildman–Crippen LogP) is 3.17. The van der Waals surface area contributed by atoms with Gasteiger partial charge in [-0.05, 0) is 36.1 Å². The van der Waals surface area contributed by atoms with Crippen LogP contribution < -0.4 is 5.73 Å². The molecule has 0 aliphatic rings. The first kappa shape index (κ1) is 16.7. The van der Waals surface area contributed by atoms with E-state index in [2.05, 4.69) is 18.0 Å². The molecule has 0 amide bonds.